The van der Waals surface area contributed by atoms with E-state index in [4.69, 9.17) is 10.8 Å². The number of rotatable bonds is 3. The zero-order chi connectivity index (χ0) is 9.84. The molecule has 0 aliphatic carbocycles. The van der Waals surface area contributed by atoms with Gasteiger partial charge in [-0.15, -0.1) is 0 Å². The van der Waals surface area contributed by atoms with Crippen molar-refractivity contribution < 1.29 is 9.90 Å². The minimum Gasteiger partial charge on any atom is -0.395 e. The van der Waals surface area contributed by atoms with Gasteiger partial charge in [-0.05, 0) is 12.3 Å². The monoisotopic (exact) mass is 186 g/mol. The summed E-state index contributed by atoms with van der Waals surface area (Å²) in [4.78, 5) is 13.1. The number of carbonyl (C=O) groups excluding carboxylic acids is 1. The summed E-state index contributed by atoms with van der Waals surface area (Å²) in [5.41, 5.74) is 5.57. The average molecular weight is 186 g/mol. The average Bonchev–Trinajstić information content (AvgIpc) is 2.11. The number of aliphatic hydroxyl groups excluding tert-OH is 1. The Morgan fingerprint density at radius 1 is 1.77 bits per heavy atom. The molecule has 1 aliphatic heterocycles. The molecule has 0 aromatic heterocycles. The summed E-state index contributed by atoms with van der Waals surface area (Å²) >= 11 is 0. The molecular weight excluding hydrogens is 168 g/mol. The molecule has 0 aromatic rings. The van der Waals surface area contributed by atoms with Gasteiger partial charge in [0.1, 0.15) is 0 Å². The maximum atomic E-state index is 11.4. The molecule has 0 radical (unpaired) electrons. The van der Waals surface area contributed by atoms with E-state index in [1.165, 1.54) is 0 Å². The molecule has 0 saturated carbocycles. The van der Waals surface area contributed by atoms with E-state index in [9.17, 15) is 4.79 Å². The third kappa shape index (κ3) is 2.97. The Kier molecular flexibility index (Phi) is 3.69. The number of hydrogen-bond donors (Lipinski definition) is 2. The van der Waals surface area contributed by atoms with Crippen molar-refractivity contribution in [1.82, 2.24) is 4.90 Å². The van der Waals surface area contributed by atoms with Gasteiger partial charge in [-0.2, -0.15) is 0 Å². The van der Waals surface area contributed by atoms with Crippen LogP contribution in [0.5, 0.6) is 0 Å². The third-order valence-electron chi connectivity index (χ3n) is 2.43. The van der Waals surface area contributed by atoms with Crippen molar-refractivity contribution in [1.29, 1.82) is 0 Å². The number of piperidine rings is 1. The Hall–Kier alpha value is -0.610. The van der Waals surface area contributed by atoms with E-state index < -0.39 is 0 Å². The lowest BCUT2D eigenvalue weighted by Crippen LogP contribution is -2.46. The summed E-state index contributed by atoms with van der Waals surface area (Å²) in [6.45, 7) is 3.34. The van der Waals surface area contributed by atoms with Crippen LogP contribution < -0.4 is 5.73 Å². The first-order chi connectivity index (χ1) is 6.13. The predicted molar refractivity (Wildman–Crippen MR) is 50.0 cm³/mol. The molecule has 1 saturated heterocycles. The predicted octanol–water partition coefficient (Wildman–Crippen LogP) is -0.435. The van der Waals surface area contributed by atoms with Crippen molar-refractivity contribution in [2.24, 2.45) is 11.7 Å². The third-order valence-corrected chi connectivity index (χ3v) is 2.43. The van der Waals surface area contributed by atoms with Gasteiger partial charge in [-0.25, -0.2) is 0 Å². The van der Waals surface area contributed by atoms with E-state index in [2.05, 4.69) is 6.92 Å². The standard InChI is InChI=1S/C9H18N2O2/c1-7-2-3-9(13)11(4-7)5-8(10)6-12/h7-8,12H,2-6,10H2,1H3. The van der Waals surface area contributed by atoms with Crippen molar-refractivity contribution in [3.63, 3.8) is 0 Å². The molecule has 4 heteroatoms. The van der Waals surface area contributed by atoms with Gasteiger partial charge in [0.25, 0.3) is 0 Å². The fraction of sp³-hybridized carbons (Fsp3) is 0.889. The lowest BCUT2D eigenvalue weighted by atomic mass is 9.99. The molecule has 1 aliphatic rings. The minimum absolute atomic E-state index is 0.0574. The van der Waals surface area contributed by atoms with Crippen molar-refractivity contribution in [3.05, 3.63) is 0 Å². The van der Waals surface area contributed by atoms with E-state index in [1.54, 1.807) is 4.90 Å². The molecule has 76 valence electrons. The van der Waals surface area contributed by atoms with Crippen LogP contribution in [0, 0.1) is 5.92 Å². The second-order valence-electron chi connectivity index (χ2n) is 3.89. The number of aliphatic hydroxyl groups is 1. The van der Waals surface area contributed by atoms with Gasteiger partial charge in [0, 0.05) is 25.6 Å². The van der Waals surface area contributed by atoms with E-state index in [1.807, 2.05) is 0 Å². The zero-order valence-electron chi connectivity index (χ0n) is 8.07. The van der Waals surface area contributed by atoms with Crippen molar-refractivity contribution in [2.75, 3.05) is 19.7 Å². The number of nitrogens with two attached hydrogens (primary N) is 1. The van der Waals surface area contributed by atoms with Crippen molar-refractivity contribution >= 4 is 5.91 Å². The summed E-state index contributed by atoms with van der Waals surface area (Å²) < 4.78 is 0. The summed E-state index contributed by atoms with van der Waals surface area (Å²) in [5, 5.41) is 8.75. The van der Waals surface area contributed by atoms with Crippen LogP contribution in [-0.2, 0) is 4.79 Å². The van der Waals surface area contributed by atoms with Crippen molar-refractivity contribution in [2.45, 2.75) is 25.8 Å². The summed E-state index contributed by atoms with van der Waals surface area (Å²) in [6, 6.07) is -0.297. The maximum absolute atomic E-state index is 11.4. The molecule has 1 amide bonds. The highest BCUT2D eigenvalue weighted by atomic mass is 16.3. The second kappa shape index (κ2) is 4.58. The normalized spacial score (nSPS) is 26.2. The molecule has 2 atom stereocenters. The molecule has 0 aromatic carbocycles. The van der Waals surface area contributed by atoms with Crippen LogP contribution in [0.4, 0.5) is 0 Å². The molecule has 0 bridgehead atoms. The maximum Gasteiger partial charge on any atom is 0.222 e. The number of nitrogens with zero attached hydrogens (tertiary/aromatic N) is 1. The number of likely N-dealkylation sites (tertiary alicyclic amines) is 1. The van der Waals surface area contributed by atoms with Gasteiger partial charge in [-0.3, -0.25) is 4.79 Å². The highest BCUT2D eigenvalue weighted by molar-refractivity contribution is 5.76. The molecule has 1 rings (SSSR count). The van der Waals surface area contributed by atoms with Crippen LogP contribution in [-0.4, -0.2) is 41.7 Å². The molecular formula is C9H18N2O2. The summed E-state index contributed by atoms with van der Waals surface area (Å²) in [6.07, 6.45) is 1.60. The highest BCUT2D eigenvalue weighted by Crippen LogP contribution is 2.16. The molecule has 2 unspecified atom stereocenters. The van der Waals surface area contributed by atoms with Crippen LogP contribution in [0.15, 0.2) is 0 Å². The molecule has 1 fully saturated rings. The smallest absolute Gasteiger partial charge is 0.222 e. The van der Waals surface area contributed by atoms with E-state index in [-0.39, 0.29) is 18.6 Å². The lowest BCUT2D eigenvalue weighted by molar-refractivity contribution is -0.134. The first-order valence-corrected chi connectivity index (χ1v) is 4.77. The topological polar surface area (TPSA) is 66.6 Å². The number of carbonyl (C=O) groups is 1. The Labute approximate surface area is 78.7 Å². The van der Waals surface area contributed by atoms with E-state index >= 15 is 0 Å². The summed E-state index contributed by atoms with van der Waals surface area (Å²) in [5.74, 6) is 0.727. The van der Waals surface area contributed by atoms with Gasteiger partial charge >= 0.3 is 0 Å². The van der Waals surface area contributed by atoms with Crippen LogP contribution in [0.2, 0.25) is 0 Å². The van der Waals surface area contributed by atoms with Gasteiger partial charge in [0.2, 0.25) is 5.91 Å². The quantitative estimate of drug-likeness (QED) is 0.628. The highest BCUT2D eigenvalue weighted by Gasteiger charge is 2.23. The fourth-order valence-corrected chi connectivity index (χ4v) is 1.61. The van der Waals surface area contributed by atoms with E-state index in [0.717, 1.165) is 13.0 Å². The minimum atomic E-state index is -0.297. The Morgan fingerprint density at radius 2 is 2.46 bits per heavy atom. The van der Waals surface area contributed by atoms with Gasteiger partial charge < -0.3 is 15.7 Å². The van der Waals surface area contributed by atoms with Gasteiger partial charge in [0.05, 0.1) is 6.61 Å². The molecule has 3 N–H and O–H groups in total. The molecule has 4 nitrogen and oxygen atoms in total. The van der Waals surface area contributed by atoms with Crippen LogP contribution in [0.3, 0.4) is 0 Å². The SMILES string of the molecule is CC1CCC(=O)N(CC(N)CO)C1. The first kappa shape index (κ1) is 10.5. The largest absolute Gasteiger partial charge is 0.395 e. The fourth-order valence-electron chi connectivity index (χ4n) is 1.61. The lowest BCUT2D eigenvalue weighted by Gasteiger charge is -2.32. The number of amides is 1. The van der Waals surface area contributed by atoms with Gasteiger partial charge in [-0.1, -0.05) is 6.92 Å². The molecule has 1 heterocycles. The molecule has 0 spiro atoms. The second-order valence-corrected chi connectivity index (χ2v) is 3.89. The van der Waals surface area contributed by atoms with Crippen LogP contribution >= 0.6 is 0 Å². The van der Waals surface area contributed by atoms with Crippen LogP contribution in [0.1, 0.15) is 19.8 Å². The Morgan fingerprint density at radius 3 is 3.08 bits per heavy atom. The number of hydrogen-bond acceptors (Lipinski definition) is 3. The van der Waals surface area contributed by atoms with Crippen LogP contribution in [0.25, 0.3) is 0 Å². The van der Waals surface area contributed by atoms with E-state index in [0.29, 0.717) is 18.9 Å². The first-order valence-electron chi connectivity index (χ1n) is 4.77. The summed E-state index contributed by atoms with van der Waals surface area (Å²) in [7, 11) is 0. The van der Waals surface area contributed by atoms with Crippen molar-refractivity contribution in [3.8, 4) is 0 Å². The Bertz CT molecular complexity index is 184. The zero-order valence-corrected chi connectivity index (χ0v) is 8.07. The van der Waals surface area contributed by atoms with Gasteiger partial charge in [0.15, 0.2) is 0 Å². The molecule has 13 heavy (non-hydrogen) atoms. The Balaban J connectivity index is 2.42.